The molecule has 352 valence electrons. The van der Waals surface area contributed by atoms with Gasteiger partial charge in [-0.2, -0.15) is 0 Å². The molecule has 0 aliphatic heterocycles. The summed E-state index contributed by atoms with van der Waals surface area (Å²) < 4.78 is 21.4. The van der Waals surface area contributed by atoms with Crippen LogP contribution in [0.4, 0.5) is 9.59 Å². The van der Waals surface area contributed by atoms with Gasteiger partial charge in [-0.05, 0) is 96.8 Å². The summed E-state index contributed by atoms with van der Waals surface area (Å²) in [7, 11) is 0. The molecule has 2 N–H and O–H groups in total. The summed E-state index contributed by atoms with van der Waals surface area (Å²) in [5.74, 6) is -2.11. The summed E-state index contributed by atoms with van der Waals surface area (Å²) in [4.78, 5) is 82.2. The summed E-state index contributed by atoms with van der Waals surface area (Å²) in [6.07, 6.45) is 5.61. The van der Waals surface area contributed by atoms with E-state index in [1.165, 1.54) is 0 Å². The molecule has 0 aromatic heterocycles. The fourth-order valence-electron chi connectivity index (χ4n) is 7.24. The fraction of sp³-hybridized carbons (Fsp3) is 0.107. The number of hydrogen-bond donors (Lipinski definition) is 2. The van der Waals surface area contributed by atoms with Crippen LogP contribution in [0.3, 0.4) is 0 Å². The minimum absolute atomic E-state index is 0.186. The van der Waals surface area contributed by atoms with E-state index in [2.05, 4.69) is 23.8 Å². The van der Waals surface area contributed by atoms with Crippen molar-refractivity contribution in [1.82, 2.24) is 10.6 Å². The molecule has 0 fully saturated rings. The highest BCUT2D eigenvalue weighted by Crippen LogP contribution is 2.42. The van der Waals surface area contributed by atoms with Crippen LogP contribution in [0.25, 0.3) is 24.3 Å². The van der Waals surface area contributed by atoms with Crippen molar-refractivity contribution >= 4 is 83.5 Å². The Bertz CT molecular complexity index is 2900. The van der Waals surface area contributed by atoms with Crippen molar-refractivity contribution in [2.75, 3.05) is 26.4 Å². The van der Waals surface area contributed by atoms with Crippen molar-refractivity contribution in [2.24, 2.45) is 0 Å². The monoisotopic (exact) mass is 970 g/mol. The molecule has 14 heteroatoms. The van der Waals surface area contributed by atoms with E-state index in [1.807, 2.05) is 48.5 Å². The second-order valence-corrected chi connectivity index (χ2v) is 17.6. The highest BCUT2D eigenvalue weighted by atomic mass is 32.2. The SMILES string of the molecule is C=Cc1cccc(/C=C(\C)NC(=O)OCCOC(=O)c2ccccc2Sc2cccc3c2C(=O)c2cccc(Sc4ccccc4C(=O)OCCOC(=O)N/C(C)=C/c4cccc(C=C)c4)c2C3=O)c1. The minimum atomic E-state index is -0.709. The normalized spacial score (nSPS) is 11.9. The van der Waals surface area contributed by atoms with Gasteiger partial charge >= 0.3 is 24.1 Å². The third-order valence-corrected chi connectivity index (χ3v) is 12.7. The second kappa shape index (κ2) is 23.7. The van der Waals surface area contributed by atoms with Gasteiger partial charge in [0.25, 0.3) is 0 Å². The first-order chi connectivity index (χ1) is 33.9. The molecule has 70 heavy (non-hydrogen) atoms. The molecule has 1 aliphatic rings. The topological polar surface area (TPSA) is 163 Å². The maximum absolute atomic E-state index is 14.4. The predicted molar refractivity (Wildman–Crippen MR) is 271 cm³/mol. The van der Waals surface area contributed by atoms with Crippen molar-refractivity contribution in [3.63, 3.8) is 0 Å². The quantitative estimate of drug-likeness (QED) is 0.0476. The molecule has 0 unspecified atom stereocenters. The molecule has 7 rings (SSSR count). The Morgan fingerprint density at radius 2 is 0.829 bits per heavy atom. The van der Waals surface area contributed by atoms with E-state index in [4.69, 9.17) is 18.9 Å². The van der Waals surface area contributed by atoms with Crippen molar-refractivity contribution in [1.29, 1.82) is 0 Å². The molecular formula is C56H46N2O10S2. The van der Waals surface area contributed by atoms with E-state index >= 15 is 0 Å². The van der Waals surface area contributed by atoms with E-state index < -0.39 is 24.1 Å². The molecule has 0 radical (unpaired) electrons. The van der Waals surface area contributed by atoms with E-state index in [9.17, 15) is 28.8 Å². The summed E-state index contributed by atoms with van der Waals surface area (Å²) >= 11 is 2.29. The molecule has 6 aromatic rings. The van der Waals surface area contributed by atoms with E-state index in [0.29, 0.717) is 31.0 Å². The fourth-order valence-corrected chi connectivity index (χ4v) is 9.44. The molecule has 0 atom stereocenters. The molecule has 6 aromatic carbocycles. The summed E-state index contributed by atoms with van der Waals surface area (Å²) in [5, 5.41) is 5.29. The lowest BCUT2D eigenvalue weighted by Gasteiger charge is -2.22. The Morgan fingerprint density at radius 3 is 1.24 bits per heavy atom. The first kappa shape index (κ1) is 49.7. The highest BCUT2D eigenvalue weighted by Gasteiger charge is 2.34. The lowest BCUT2D eigenvalue weighted by molar-refractivity contribution is 0.0395. The zero-order valence-electron chi connectivity index (χ0n) is 38.2. The molecule has 0 heterocycles. The first-order valence-corrected chi connectivity index (χ1v) is 23.5. The predicted octanol–water partition coefficient (Wildman–Crippen LogP) is 11.9. The van der Waals surface area contributed by atoms with Gasteiger partial charge in [-0.15, -0.1) is 0 Å². The third kappa shape index (κ3) is 12.7. The maximum atomic E-state index is 14.4. The molecular weight excluding hydrogens is 925 g/mol. The maximum Gasteiger partial charge on any atom is 0.411 e. The van der Waals surface area contributed by atoms with Gasteiger partial charge in [-0.25, -0.2) is 19.2 Å². The van der Waals surface area contributed by atoms with Gasteiger partial charge in [0.15, 0.2) is 11.6 Å². The Balaban J connectivity index is 0.961. The summed E-state index contributed by atoms with van der Waals surface area (Å²) in [6.45, 7) is 10.2. The number of esters is 2. The van der Waals surface area contributed by atoms with E-state index in [-0.39, 0.29) is 71.4 Å². The Kier molecular flexibility index (Phi) is 16.8. The number of alkyl carbamates (subject to hydrolysis) is 2. The van der Waals surface area contributed by atoms with Gasteiger partial charge in [-0.3, -0.25) is 20.2 Å². The zero-order valence-corrected chi connectivity index (χ0v) is 39.8. The largest absolute Gasteiger partial charge is 0.458 e. The summed E-state index contributed by atoms with van der Waals surface area (Å²) in [5.41, 5.74) is 5.91. The lowest BCUT2D eigenvalue weighted by atomic mass is 9.84. The number of allylic oxidation sites excluding steroid dienone is 2. The lowest BCUT2D eigenvalue weighted by Crippen LogP contribution is -2.24. The van der Waals surface area contributed by atoms with Crippen molar-refractivity contribution in [2.45, 2.75) is 33.4 Å². The number of ether oxygens (including phenoxy) is 4. The minimum Gasteiger partial charge on any atom is -0.458 e. The number of ketones is 2. The van der Waals surface area contributed by atoms with Gasteiger partial charge in [0, 0.05) is 53.2 Å². The van der Waals surface area contributed by atoms with Crippen LogP contribution in [0.15, 0.2) is 178 Å². The van der Waals surface area contributed by atoms with Crippen LogP contribution in [-0.4, -0.2) is 62.1 Å². The van der Waals surface area contributed by atoms with Crippen LogP contribution in [0.2, 0.25) is 0 Å². The number of carbonyl (C=O) groups is 6. The van der Waals surface area contributed by atoms with Crippen LogP contribution >= 0.6 is 23.5 Å². The Morgan fingerprint density at radius 1 is 0.471 bits per heavy atom. The van der Waals surface area contributed by atoms with E-state index in [0.717, 1.165) is 45.8 Å². The number of carbonyl (C=O) groups excluding carboxylic acids is 6. The number of rotatable bonds is 18. The molecule has 0 spiro atoms. The van der Waals surface area contributed by atoms with E-state index in [1.54, 1.807) is 123 Å². The third-order valence-electron chi connectivity index (χ3n) is 10.4. The zero-order chi connectivity index (χ0) is 49.6. The average Bonchev–Trinajstić information content (AvgIpc) is 3.36. The standard InChI is InChI=1S/C56H46N2O10S2/c1-5-37-15-11-17-39(33-37)31-35(3)57-55(63)67-29-27-65-53(61)41-19-7-9-23-45(41)69-47-25-13-21-43-49(47)51(59)44-22-14-26-48(50(44)52(43)60)70-46-24-10-8-20-42(46)54(62)66-28-30-68-56(64)58-36(4)32-40-18-12-16-38(6-2)34-40/h5-26,31-34H,1-2,27-30H2,3-4H3,(H,57,63)(H,58,64)/b35-31+,36-32+. The molecule has 2 amide bonds. The van der Waals surface area contributed by atoms with Crippen molar-refractivity contribution in [3.05, 3.63) is 214 Å². The number of nitrogens with one attached hydrogen (secondary N) is 2. The highest BCUT2D eigenvalue weighted by molar-refractivity contribution is 7.99. The van der Waals surface area contributed by atoms with Gasteiger partial charge < -0.3 is 18.9 Å². The number of fused-ring (bicyclic) bond motifs is 2. The van der Waals surface area contributed by atoms with Crippen LogP contribution < -0.4 is 10.6 Å². The van der Waals surface area contributed by atoms with Gasteiger partial charge in [0.2, 0.25) is 0 Å². The van der Waals surface area contributed by atoms with Crippen LogP contribution in [0.5, 0.6) is 0 Å². The molecule has 0 saturated carbocycles. The number of amides is 2. The smallest absolute Gasteiger partial charge is 0.411 e. The summed E-state index contributed by atoms with van der Waals surface area (Å²) in [6, 6.07) is 38.6. The van der Waals surface area contributed by atoms with Gasteiger partial charge in [0.1, 0.15) is 26.4 Å². The molecule has 12 nitrogen and oxygen atoms in total. The Hall–Kier alpha value is -8.20. The second-order valence-electron chi connectivity index (χ2n) is 15.4. The molecule has 0 bridgehead atoms. The number of benzene rings is 6. The van der Waals surface area contributed by atoms with Gasteiger partial charge in [-0.1, -0.05) is 134 Å². The Labute approximate surface area is 413 Å². The van der Waals surface area contributed by atoms with Crippen LogP contribution in [0, 0.1) is 0 Å². The van der Waals surface area contributed by atoms with Crippen LogP contribution in [0.1, 0.15) is 88.7 Å². The number of hydrogen-bond acceptors (Lipinski definition) is 12. The van der Waals surface area contributed by atoms with Crippen molar-refractivity contribution < 1.29 is 47.7 Å². The molecule has 1 aliphatic carbocycles. The van der Waals surface area contributed by atoms with Crippen molar-refractivity contribution in [3.8, 4) is 0 Å². The average molecular weight is 971 g/mol. The van der Waals surface area contributed by atoms with Gasteiger partial charge in [0.05, 0.1) is 11.1 Å². The molecule has 0 saturated heterocycles. The first-order valence-electron chi connectivity index (χ1n) is 21.8. The van der Waals surface area contributed by atoms with Crippen LogP contribution in [-0.2, 0) is 18.9 Å².